The van der Waals surface area contributed by atoms with Gasteiger partial charge in [-0.15, -0.1) is 0 Å². The van der Waals surface area contributed by atoms with Crippen LogP contribution in [0.2, 0.25) is 0 Å². The summed E-state index contributed by atoms with van der Waals surface area (Å²) in [6, 6.07) is 0.583. The molecular weight excluding hydrogens is 302 g/mol. The first-order valence-electron chi connectivity index (χ1n) is 9.64. The summed E-state index contributed by atoms with van der Waals surface area (Å²) >= 11 is 0. The van der Waals surface area contributed by atoms with Crippen molar-refractivity contribution in [1.82, 2.24) is 20.4 Å². The number of guanidine groups is 1. The Balaban J connectivity index is 2.33. The summed E-state index contributed by atoms with van der Waals surface area (Å²) in [5.41, 5.74) is 0. The molecule has 1 unspecified atom stereocenters. The molecule has 1 atom stereocenters. The third kappa shape index (κ3) is 8.85. The molecule has 2 N–H and O–H groups in total. The van der Waals surface area contributed by atoms with E-state index in [-0.39, 0.29) is 0 Å². The molecule has 0 radical (unpaired) electrons. The van der Waals surface area contributed by atoms with Crippen LogP contribution < -0.4 is 10.6 Å². The Morgan fingerprint density at radius 1 is 1.21 bits per heavy atom. The molecule has 1 aliphatic rings. The van der Waals surface area contributed by atoms with E-state index >= 15 is 0 Å². The van der Waals surface area contributed by atoms with Gasteiger partial charge in [0.1, 0.15) is 0 Å². The van der Waals surface area contributed by atoms with E-state index in [0.717, 1.165) is 51.7 Å². The lowest BCUT2D eigenvalue weighted by molar-refractivity contribution is 0.180. The summed E-state index contributed by atoms with van der Waals surface area (Å²) in [6.07, 6.45) is 4.93. The number of aliphatic imine (C=N–C) groups is 1. The molecule has 6 nitrogen and oxygen atoms in total. The topological polar surface area (TPSA) is 52.1 Å². The number of likely N-dealkylation sites (tertiary alicyclic amines) is 1. The molecular formula is C18H39N5O. The zero-order chi connectivity index (χ0) is 17.6. The molecule has 24 heavy (non-hydrogen) atoms. The van der Waals surface area contributed by atoms with Crippen LogP contribution in [0, 0.1) is 0 Å². The first kappa shape index (κ1) is 21.2. The highest BCUT2D eigenvalue weighted by molar-refractivity contribution is 5.79. The standard InChI is InChI=1S/C18H39N5O/c1-5-17(23-12-7-8-13-23)16-21-18(19-6-2)20-10-14-22(3)11-9-15-24-4/h17H,5-16H2,1-4H3,(H2,19,20,21). The predicted molar refractivity (Wildman–Crippen MR) is 103 cm³/mol. The SMILES string of the molecule is CCNC(=NCC(CC)N1CCCC1)NCCN(C)CCCOC. The average molecular weight is 342 g/mol. The third-order valence-corrected chi connectivity index (χ3v) is 4.61. The number of methoxy groups -OCH3 is 1. The fourth-order valence-electron chi connectivity index (χ4n) is 3.10. The second-order valence-electron chi connectivity index (χ2n) is 6.60. The van der Waals surface area contributed by atoms with Crippen LogP contribution in [0.1, 0.15) is 39.5 Å². The van der Waals surface area contributed by atoms with Gasteiger partial charge in [-0.1, -0.05) is 6.92 Å². The maximum atomic E-state index is 5.10. The van der Waals surface area contributed by atoms with Crippen LogP contribution in [0.25, 0.3) is 0 Å². The van der Waals surface area contributed by atoms with Crippen molar-refractivity contribution in [2.45, 2.75) is 45.6 Å². The van der Waals surface area contributed by atoms with Crippen molar-refractivity contribution >= 4 is 5.96 Å². The maximum Gasteiger partial charge on any atom is 0.191 e. The summed E-state index contributed by atoms with van der Waals surface area (Å²) in [5, 5.41) is 6.82. The second kappa shape index (κ2) is 13.4. The predicted octanol–water partition coefficient (Wildman–Crippen LogP) is 1.38. The van der Waals surface area contributed by atoms with Gasteiger partial charge in [-0.3, -0.25) is 9.89 Å². The summed E-state index contributed by atoms with van der Waals surface area (Å²) in [7, 11) is 3.91. The van der Waals surface area contributed by atoms with Gasteiger partial charge in [-0.2, -0.15) is 0 Å². The monoisotopic (exact) mass is 341 g/mol. The molecule has 1 aliphatic heterocycles. The Hall–Kier alpha value is -0.850. The normalized spacial score (nSPS) is 17.5. The Bertz CT molecular complexity index is 331. The van der Waals surface area contributed by atoms with Crippen molar-refractivity contribution in [3.05, 3.63) is 0 Å². The number of hydrogen-bond acceptors (Lipinski definition) is 4. The Morgan fingerprint density at radius 3 is 2.58 bits per heavy atom. The van der Waals surface area contributed by atoms with Gasteiger partial charge < -0.3 is 20.3 Å². The number of nitrogens with zero attached hydrogens (tertiary/aromatic N) is 3. The maximum absolute atomic E-state index is 5.10. The lowest BCUT2D eigenvalue weighted by Gasteiger charge is -2.25. The van der Waals surface area contributed by atoms with Crippen molar-refractivity contribution in [2.24, 2.45) is 4.99 Å². The summed E-state index contributed by atoms with van der Waals surface area (Å²) in [4.78, 5) is 9.74. The largest absolute Gasteiger partial charge is 0.385 e. The third-order valence-electron chi connectivity index (χ3n) is 4.61. The van der Waals surface area contributed by atoms with E-state index in [1.807, 2.05) is 0 Å². The zero-order valence-electron chi connectivity index (χ0n) is 16.3. The number of ether oxygens (including phenoxy) is 1. The highest BCUT2D eigenvalue weighted by Crippen LogP contribution is 2.14. The van der Waals surface area contributed by atoms with Crippen LogP contribution in [-0.4, -0.2) is 88.4 Å². The molecule has 6 heteroatoms. The lowest BCUT2D eigenvalue weighted by Crippen LogP contribution is -2.42. The van der Waals surface area contributed by atoms with Gasteiger partial charge in [0.2, 0.25) is 0 Å². The van der Waals surface area contributed by atoms with Gasteiger partial charge in [-0.05, 0) is 52.7 Å². The number of rotatable bonds is 12. The first-order chi connectivity index (χ1) is 11.7. The van der Waals surface area contributed by atoms with Gasteiger partial charge >= 0.3 is 0 Å². The fraction of sp³-hybridized carbons (Fsp3) is 0.944. The van der Waals surface area contributed by atoms with Crippen molar-refractivity contribution in [1.29, 1.82) is 0 Å². The van der Waals surface area contributed by atoms with Gasteiger partial charge in [0.15, 0.2) is 5.96 Å². The Morgan fingerprint density at radius 2 is 1.96 bits per heavy atom. The zero-order valence-corrected chi connectivity index (χ0v) is 16.3. The molecule has 0 bridgehead atoms. The van der Waals surface area contributed by atoms with Crippen molar-refractivity contribution < 1.29 is 4.74 Å². The average Bonchev–Trinajstić information content (AvgIpc) is 3.10. The molecule has 1 heterocycles. The van der Waals surface area contributed by atoms with Gasteiger partial charge in [0.25, 0.3) is 0 Å². The summed E-state index contributed by atoms with van der Waals surface area (Å²) in [5.74, 6) is 0.945. The molecule has 1 rings (SSSR count). The molecule has 0 aliphatic carbocycles. The number of nitrogens with one attached hydrogen (secondary N) is 2. The highest BCUT2D eigenvalue weighted by Gasteiger charge is 2.20. The van der Waals surface area contributed by atoms with E-state index in [9.17, 15) is 0 Å². The van der Waals surface area contributed by atoms with Crippen molar-refractivity contribution in [3.8, 4) is 0 Å². The van der Waals surface area contributed by atoms with E-state index in [2.05, 4.69) is 41.3 Å². The van der Waals surface area contributed by atoms with E-state index in [1.54, 1.807) is 7.11 Å². The van der Waals surface area contributed by atoms with Crippen LogP contribution in [0.15, 0.2) is 4.99 Å². The minimum absolute atomic E-state index is 0.583. The van der Waals surface area contributed by atoms with E-state index in [1.165, 1.54) is 32.4 Å². The van der Waals surface area contributed by atoms with Gasteiger partial charge in [0, 0.05) is 45.9 Å². The van der Waals surface area contributed by atoms with Crippen LogP contribution in [0.3, 0.4) is 0 Å². The molecule has 0 amide bonds. The summed E-state index contributed by atoms with van der Waals surface area (Å²) in [6.45, 7) is 12.5. The molecule has 1 fully saturated rings. The van der Waals surface area contributed by atoms with Crippen molar-refractivity contribution in [2.75, 3.05) is 66.6 Å². The quantitative estimate of drug-likeness (QED) is 0.319. The van der Waals surface area contributed by atoms with E-state index in [4.69, 9.17) is 9.73 Å². The van der Waals surface area contributed by atoms with Gasteiger partial charge in [0.05, 0.1) is 6.54 Å². The summed E-state index contributed by atoms with van der Waals surface area (Å²) < 4.78 is 5.10. The smallest absolute Gasteiger partial charge is 0.191 e. The Labute approximate surface area is 149 Å². The van der Waals surface area contributed by atoms with Gasteiger partial charge in [-0.25, -0.2) is 0 Å². The van der Waals surface area contributed by atoms with Crippen LogP contribution in [-0.2, 0) is 4.74 Å². The molecule has 1 saturated heterocycles. The van der Waals surface area contributed by atoms with E-state index in [0.29, 0.717) is 6.04 Å². The molecule has 142 valence electrons. The second-order valence-corrected chi connectivity index (χ2v) is 6.60. The van der Waals surface area contributed by atoms with Crippen molar-refractivity contribution in [3.63, 3.8) is 0 Å². The lowest BCUT2D eigenvalue weighted by atomic mass is 10.2. The Kier molecular flexibility index (Phi) is 11.9. The molecule has 0 aromatic heterocycles. The van der Waals surface area contributed by atoms with Crippen LogP contribution >= 0.6 is 0 Å². The molecule has 0 saturated carbocycles. The van der Waals surface area contributed by atoms with Crippen LogP contribution in [0.4, 0.5) is 0 Å². The van der Waals surface area contributed by atoms with E-state index < -0.39 is 0 Å². The minimum Gasteiger partial charge on any atom is -0.385 e. The van der Waals surface area contributed by atoms with Crippen LogP contribution in [0.5, 0.6) is 0 Å². The fourth-order valence-corrected chi connectivity index (χ4v) is 3.10. The molecule has 0 aromatic rings. The number of likely N-dealkylation sites (N-methyl/N-ethyl adjacent to an activating group) is 1. The highest BCUT2D eigenvalue weighted by atomic mass is 16.5. The molecule has 0 spiro atoms. The molecule has 0 aromatic carbocycles. The first-order valence-corrected chi connectivity index (χ1v) is 9.64. The number of hydrogen-bond donors (Lipinski definition) is 2. The minimum atomic E-state index is 0.583.